The van der Waals surface area contributed by atoms with E-state index in [2.05, 4.69) is 15.3 Å². The maximum Gasteiger partial charge on any atom is 0.259 e. The number of H-pyrrole nitrogens is 2. The van der Waals surface area contributed by atoms with Crippen molar-refractivity contribution in [3.05, 3.63) is 61.3 Å². The summed E-state index contributed by atoms with van der Waals surface area (Å²) in [4.78, 5) is 30.9. The van der Waals surface area contributed by atoms with Gasteiger partial charge < -0.3 is 10.3 Å². The van der Waals surface area contributed by atoms with E-state index in [9.17, 15) is 9.59 Å². The molecule has 0 saturated heterocycles. The molecule has 0 aliphatic rings. The molecule has 0 radical (unpaired) electrons. The molecule has 2 heterocycles. The topological polar surface area (TPSA) is 77.8 Å². The first-order chi connectivity index (χ1) is 11.1. The molecule has 0 aliphatic carbocycles. The zero-order chi connectivity index (χ0) is 16.4. The van der Waals surface area contributed by atoms with Gasteiger partial charge in [0.1, 0.15) is 0 Å². The molecule has 0 aliphatic heterocycles. The zero-order valence-corrected chi connectivity index (χ0v) is 14.0. The van der Waals surface area contributed by atoms with Crippen molar-refractivity contribution in [2.75, 3.05) is 0 Å². The molecule has 0 bridgehead atoms. The van der Waals surface area contributed by atoms with Gasteiger partial charge in [-0.2, -0.15) is 0 Å². The van der Waals surface area contributed by atoms with Gasteiger partial charge in [-0.15, -0.1) is 11.3 Å². The van der Waals surface area contributed by atoms with Crippen LogP contribution in [0.5, 0.6) is 0 Å². The smallest absolute Gasteiger partial charge is 0.259 e. The predicted molar refractivity (Wildman–Crippen MR) is 94.6 cm³/mol. The highest BCUT2D eigenvalue weighted by atomic mass is 32.1. The first kappa shape index (κ1) is 15.6. The second kappa shape index (κ2) is 6.47. The van der Waals surface area contributed by atoms with Crippen LogP contribution in [0.4, 0.5) is 0 Å². The van der Waals surface area contributed by atoms with Gasteiger partial charge >= 0.3 is 0 Å². The number of carbonyl (C=O) groups is 1. The molecule has 0 fully saturated rings. The number of nitrogens with one attached hydrogen (secondary N) is 3. The number of aromatic amines is 2. The lowest BCUT2D eigenvalue weighted by atomic mass is 10.1. The number of aromatic nitrogens is 2. The number of fused-ring (bicyclic) bond motifs is 1. The van der Waals surface area contributed by atoms with Crippen molar-refractivity contribution in [2.45, 2.75) is 19.4 Å². The number of carbonyl (C=O) groups excluding carboxylic acids is 1. The molecule has 0 saturated carbocycles. The third-order valence-electron chi connectivity index (χ3n) is 3.60. The molecule has 7 heteroatoms. The van der Waals surface area contributed by atoms with Gasteiger partial charge in [0.25, 0.3) is 11.5 Å². The Morgan fingerprint density at radius 3 is 2.87 bits per heavy atom. The third-order valence-corrected chi connectivity index (χ3v) is 4.79. The van der Waals surface area contributed by atoms with Crippen molar-refractivity contribution in [3.63, 3.8) is 0 Å². The highest BCUT2D eigenvalue weighted by Gasteiger charge is 2.15. The van der Waals surface area contributed by atoms with E-state index >= 15 is 0 Å². The molecular formula is C16H15N3O2S2. The number of hydrogen-bond donors (Lipinski definition) is 3. The van der Waals surface area contributed by atoms with E-state index in [-0.39, 0.29) is 22.3 Å². The van der Waals surface area contributed by atoms with E-state index in [4.69, 9.17) is 12.2 Å². The Balaban J connectivity index is 1.92. The van der Waals surface area contributed by atoms with E-state index in [1.165, 1.54) is 0 Å². The van der Waals surface area contributed by atoms with Gasteiger partial charge in [0, 0.05) is 10.4 Å². The molecule has 0 unspecified atom stereocenters. The zero-order valence-electron chi connectivity index (χ0n) is 12.4. The van der Waals surface area contributed by atoms with E-state index < -0.39 is 0 Å². The van der Waals surface area contributed by atoms with Crippen LogP contribution >= 0.6 is 23.6 Å². The van der Waals surface area contributed by atoms with Crippen molar-refractivity contribution < 1.29 is 4.79 Å². The lowest BCUT2D eigenvalue weighted by molar-refractivity contribution is 0.0936. The van der Waals surface area contributed by atoms with Crippen LogP contribution in [0.1, 0.15) is 34.6 Å². The predicted octanol–water partition coefficient (Wildman–Crippen LogP) is 3.53. The Labute approximate surface area is 141 Å². The lowest BCUT2D eigenvalue weighted by Crippen LogP contribution is -2.27. The van der Waals surface area contributed by atoms with Crippen molar-refractivity contribution in [2.24, 2.45) is 0 Å². The second-order valence-corrected chi connectivity index (χ2v) is 6.51. The fourth-order valence-corrected chi connectivity index (χ4v) is 3.48. The van der Waals surface area contributed by atoms with Gasteiger partial charge in [-0.05, 0) is 48.3 Å². The van der Waals surface area contributed by atoms with Crippen LogP contribution in [-0.4, -0.2) is 15.9 Å². The maximum atomic E-state index is 12.5. The number of benzene rings is 1. The summed E-state index contributed by atoms with van der Waals surface area (Å²) >= 11 is 6.59. The Kier molecular flexibility index (Phi) is 4.40. The molecule has 3 N–H and O–H groups in total. The molecule has 1 aromatic carbocycles. The van der Waals surface area contributed by atoms with Crippen molar-refractivity contribution in [1.82, 2.24) is 15.3 Å². The molecule has 3 rings (SSSR count). The first-order valence-corrected chi connectivity index (χ1v) is 8.48. The van der Waals surface area contributed by atoms with E-state index in [1.807, 2.05) is 24.4 Å². The summed E-state index contributed by atoms with van der Waals surface area (Å²) in [5.74, 6) is -0.174. The number of rotatable bonds is 4. The Hall–Kier alpha value is -2.25. The van der Waals surface area contributed by atoms with Gasteiger partial charge in [0.05, 0.1) is 16.9 Å². The van der Waals surface area contributed by atoms with Crippen LogP contribution in [0, 0.1) is 4.77 Å². The first-order valence-electron chi connectivity index (χ1n) is 7.19. The van der Waals surface area contributed by atoms with Crippen LogP contribution in [0.25, 0.3) is 10.9 Å². The molecule has 23 heavy (non-hydrogen) atoms. The highest BCUT2D eigenvalue weighted by molar-refractivity contribution is 7.71. The molecular weight excluding hydrogens is 330 g/mol. The van der Waals surface area contributed by atoms with Crippen LogP contribution < -0.4 is 10.9 Å². The largest absolute Gasteiger partial charge is 0.344 e. The fourth-order valence-electron chi connectivity index (χ4n) is 2.42. The second-order valence-electron chi connectivity index (χ2n) is 5.12. The summed E-state index contributed by atoms with van der Waals surface area (Å²) in [5, 5.41) is 5.49. The van der Waals surface area contributed by atoms with Gasteiger partial charge in [0.2, 0.25) is 0 Å². The quantitative estimate of drug-likeness (QED) is 0.633. The average Bonchev–Trinajstić information content (AvgIpc) is 3.05. The molecule has 1 atom stereocenters. The molecule has 1 amide bonds. The SMILES string of the molecule is CC[C@@H](NC(=O)c1ccc2c(=O)[nH]c(=S)[nH]c2c1)c1cccs1. The Morgan fingerprint density at radius 2 is 2.17 bits per heavy atom. The minimum Gasteiger partial charge on any atom is -0.344 e. The number of thiophene rings is 1. The maximum absolute atomic E-state index is 12.5. The summed E-state index contributed by atoms with van der Waals surface area (Å²) in [6, 6.07) is 8.88. The standard InChI is InChI=1S/C16H15N3O2S2/c1-2-11(13-4-3-7-23-13)17-14(20)9-5-6-10-12(8-9)18-16(22)19-15(10)21/h3-8,11H,2H2,1H3,(H,17,20)(H2,18,19,21,22)/t11-/m1/s1. The summed E-state index contributed by atoms with van der Waals surface area (Å²) in [6.07, 6.45) is 0.807. The molecule has 5 nitrogen and oxygen atoms in total. The van der Waals surface area contributed by atoms with Crippen LogP contribution in [0.3, 0.4) is 0 Å². The summed E-state index contributed by atoms with van der Waals surface area (Å²) in [6.45, 7) is 2.03. The minimum absolute atomic E-state index is 0.0177. The molecule has 3 aromatic rings. The van der Waals surface area contributed by atoms with Gasteiger partial charge in [-0.25, -0.2) is 0 Å². The van der Waals surface area contributed by atoms with Crippen LogP contribution in [0.2, 0.25) is 0 Å². The van der Waals surface area contributed by atoms with Crippen LogP contribution in [-0.2, 0) is 0 Å². The number of amides is 1. The number of hydrogen-bond acceptors (Lipinski definition) is 4. The van der Waals surface area contributed by atoms with Crippen LogP contribution in [0.15, 0.2) is 40.5 Å². The summed E-state index contributed by atoms with van der Waals surface area (Å²) in [7, 11) is 0. The lowest BCUT2D eigenvalue weighted by Gasteiger charge is -2.15. The summed E-state index contributed by atoms with van der Waals surface area (Å²) < 4.78 is 0.241. The van der Waals surface area contributed by atoms with Crippen molar-refractivity contribution in [1.29, 1.82) is 0 Å². The summed E-state index contributed by atoms with van der Waals surface area (Å²) in [5.41, 5.74) is 0.778. The van der Waals surface area contributed by atoms with E-state index in [1.54, 1.807) is 29.5 Å². The van der Waals surface area contributed by atoms with Crippen molar-refractivity contribution >= 4 is 40.4 Å². The van der Waals surface area contributed by atoms with Crippen molar-refractivity contribution in [3.8, 4) is 0 Å². The minimum atomic E-state index is -0.263. The molecule has 2 aromatic heterocycles. The molecule has 0 spiro atoms. The normalized spacial score (nSPS) is 12.2. The van der Waals surface area contributed by atoms with Gasteiger partial charge in [0.15, 0.2) is 4.77 Å². The van der Waals surface area contributed by atoms with E-state index in [0.29, 0.717) is 16.5 Å². The Bertz CT molecular complexity index is 957. The fraction of sp³-hybridized carbons (Fsp3) is 0.188. The average molecular weight is 345 g/mol. The van der Waals surface area contributed by atoms with Gasteiger partial charge in [-0.1, -0.05) is 13.0 Å². The third kappa shape index (κ3) is 3.25. The van der Waals surface area contributed by atoms with Gasteiger partial charge in [-0.3, -0.25) is 14.6 Å². The monoisotopic (exact) mass is 345 g/mol. The molecule has 118 valence electrons. The van der Waals surface area contributed by atoms with E-state index in [0.717, 1.165) is 11.3 Å². The highest BCUT2D eigenvalue weighted by Crippen LogP contribution is 2.22. The Morgan fingerprint density at radius 1 is 1.35 bits per heavy atom.